The van der Waals surface area contributed by atoms with Crippen molar-refractivity contribution in [2.24, 2.45) is 5.92 Å². The van der Waals surface area contributed by atoms with Crippen LogP contribution in [0.3, 0.4) is 0 Å². The van der Waals surface area contributed by atoms with Gasteiger partial charge in [-0.25, -0.2) is 8.42 Å². The van der Waals surface area contributed by atoms with Gasteiger partial charge >= 0.3 is 0 Å². The van der Waals surface area contributed by atoms with Crippen LogP contribution < -0.4 is 9.62 Å². The molecule has 2 rings (SSSR count). The van der Waals surface area contributed by atoms with E-state index in [2.05, 4.69) is 5.32 Å². The van der Waals surface area contributed by atoms with Crippen LogP contribution in [0, 0.1) is 19.8 Å². The third kappa shape index (κ3) is 8.61. The van der Waals surface area contributed by atoms with Crippen LogP contribution >= 0.6 is 23.2 Å². The highest BCUT2D eigenvalue weighted by atomic mass is 35.5. The number of hydrogen-bond acceptors (Lipinski definition) is 4. The van der Waals surface area contributed by atoms with Gasteiger partial charge in [-0.15, -0.1) is 0 Å². The number of benzene rings is 2. The molecule has 0 heterocycles. The number of halogens is 2. The van der Waals surface area contributed by atoms with Crippen molar-refractivity contribution < 1.29 is 18.0 Å². The molecule has 2 aromatic rings. The molecule has 0 radical (unpaired) electrons. The first-order chi connectivity index (χ1) is 17.8. The molecule has 1 atom stereocenters. The zero-order valence-electron chi connectivity index (χ0n) is 23.1. The van der Waals surface area contributed by atoms with E-state index in [1.54, 1.807) is 24.3 Å². The van der Waals surface area contributed by atoms with Crippen LogP contribution in [0.5, 0.6) is 0 Å². The second kappa shape index (κ2) is 14.2. The quantitative estimate of drug-likeness (QED) is 0.326. The number of carbonyl (C=O) groups is 2. The number of aryl methyl sites for hydroxylation is 1. The van der Waals surface area contributed by atoms with Crippen molar-refractivity contribution in [1.82, 2.24) is 10.2 Å². The molecule has 0 saturated carbocycles. The minimum atomic E-state index is -3.58. The van der Waals surface area contributed by atoms with Crippen LogP contribution in [0.25, 0.3) is 0 Å². The van der Waals surface area contributed by atoms with Gasteiger partial charge in [-0.2, -0.15) is 0 Å². The Hall–Kier alpha value is -2.29. The lowest BCUT2D eigenvalue weighted by atomic mass is 10.1. The molecule has 0 spiro atoms. The average molecular weight is 585 g/mol. The fraction of sp³-hybridized carbons (Fsp3) is 0.500. The third-order valence-corrected chi connectivity index (χ3v) is 8.35. The van der Waals surface area contributed by atoms with Crippen LogP contribution in [0.4, 0.5) is 5.69 Å². The molecule has 1 N–H and O–H groups in total. The first kappa shape index (κ1) is 31.9. The Morgan fingerprint density at radius 2 is 1.63 bits per heavy atom. The fourth-order valence-electron chi connectivity index (χ4n) is 4.18. The van der Waals surface area contributed by atoms with Crippen LogP contribution in [0.2, 0.25) is 10.0 Å². The van der Waals surface area contributed by atoms with Gasteiger partial charge in [-0.3, -0.25) is 13.9 Å². The molecular weight excluding hydrogens is 545 g/mol. The average Bonchev–Trinajstić information content (AvgIpc) is 2.83. The Morgan fingerprint density at radius 1 is 1.03 bits per heavy atom. The number of amides is 2. The van der Waals surface area contributed by atoms with E-state index >= 15 is 0 Å². The fourth-order valence-corrected chi connectivity index (χ4v) is 5.72. The maximum Gasteiger partial charge on any atom is 0.242 e. The standard InChI is InChI=1S/C28H39Cl2N3O4S/c1-7-25(28(35)31-17-19(2)3)32(18-22-23(29)12-9-13-24(22)30)27(34)15-10-16-33(38(6,36)37)26-14-8-11-20(4)21(26)5/h8-9,11-14,19,25H,7,10,15-18H2,1-6H3,(H,31,35). The Balaban J connectivity index is 2.30. The first-order valence-electron chi connectivity index (χ1n) is 12.8. The number of hydrogen-bond donors (Lipinski definition) is 1. The lowest BCUT2D eigenvalue weighted by Gasteiger charge is -2.32. The van der Waals surface area contributed by atoms with Crippen molar-refractivity contribution in [3.63, 3.8) is 0 Å². The van der Waals surface area contributed by atoms with Gasteiger partial charge in [0.1, 0.15) is 6.04 Å². The molecule has 0 saturated heterocycles. The van der Waals surface area contributed by atoms with Crippen molar-refractivity contribution >= 4 is 50.7 Å². The monoisotopic (exact) mass is 583 g/mol. The highest BCUT2D eigenvalue weighted by Gasteiger charge is 2.30. The summed E-state index contributed by atoms with van der Waals surface area (Å²) in [6, 6.07) is 9.90. The lowest BCUT2D eigenvalue weighted by molar-refractivity contribution is -0.141. The summed E-state index contributed by atoms with van der Waals surface area (Å²) in [5.74, 6) is -0.265. The Kier molecular flexibility index (Phi) is 11.9. The number of nitrogens with zero attached hydrogens (tertiary/aromatic N) is 2. The predicted molar refractivity (Wildman–Crippen MR) is 156 cm³/mol. The summed E-state index contributed by atoms with van der Waals surface area (Å²) >= 11 is 12.8. The van der Waals surface area contributed by atoms with Gasteiger partial charge in [0.25, 0.3) is 0 Å². The van der Waals surface area contributed by atoms with E-state index in [0.717, 1.165) is 17.4 Å². The maximum absolute atomic E-state index is 13.6. The Morgan fingerprint density at radius 3 is 2.18 bits per heavy atom. The normalized spacial score (nSPS) is 12.3. The molecule has 1 unspecified atom stereocenters. The maximum atomic E-state index is 13.6. The zero-order valence-corrected chi connectivity index (χ0v) is 25.4. The summed E-state index contributed by atoms with van der Waals surface area (Å²) in [5, 5.41) is 3.74. The molecule has 0 aliphatic carbocycles. The Bertz CT molecular complexity index is 1210. The van der Waals surface area contributed by atoms with Gasteiger partial charge in [0.05, 0.1) is 11.9 Å². The minimum Gasteiger partial charge on any atom is -0.354 e. The van der Waals surface area contributed by atoms with Crippen molar-refractivity contribution in [2.75, 3.05) is 23.7 Å². The molecular formula is C28H39Cl2N3O4S. The van der Waals surface area contributed by atoms with Crippen LogP contribution in [0.15, 0.2) is 36.4 Å². The topological polar surface area (TPSA) is 86.8 Å². The SMILES string of the molecule is CCC(C(=O)NCC(C)C)N(Cc1c(Cl)cccc1Cl)C(=O)CCCN(c1cccc(C)c1C)S(C)(=O)=O. The van der Waals surface area contributed by atoms with Gasteiger partial charge in [-0.05, 0) is 61.9 Å². The van der Waals surface area contributed by atoms with Crippen LogP contribution in [-0.4, -0.2) is 50.5 Å². The first-order valence-corrected chi connectivity index (χ1v) is 15.4. The largest absolute Gasteiger partial charge is 0.354 e. The number of nitrogens with one attached hydrogen (secondary N) is 1. The van der Waals surface area contributed by atoms with Gasteiger partial charge in [0.2, 0.25) is 21.8 Å². The second-order valence-corrected chi connectivity index (χ2v) is 12.7. The number of rotatable bonds is 13. The molecule has 0 fully saturated rings. The molecule has 7 nitrogen and oxygen atoms in total. The zero-order chi connectivity index (χ0) is 28.6. The Labute approximate surface area is 237 Å². The molecule has 210 valence electrons. The molecule has 0 aliphatic heterocycles. The summed E-state index contributed by atoms with van der Waals surface area (Å²) < 4.78 is 26.6. The highest BCUT2D eigenvalue weighted by Crippen LogP contribution is 2.28. The summed E-state index contributed by atoms with van der Waals surface area (Å²) in [7, 11) is -3.58. The second-order valence-electron chi connectivity index (χ2n) is 9.94. The van der Waals surface area contributed by atoms with Crippen LogP contribution in [-0.2, 0) is 26.2 Å². The number of carbonyl (C=O) groups excluding carboxylic acids is 2. The number of sulfonamides is 1. The van der Waals surface area contributed by atoms with Gasteiger partial charge in [0, 0.05) is 41.7 Å². The molecule has 10 heteroatoms. The van der Waals surface area contributed by atoms with Gasteiger partial charge in [-0.1, -0.05) is 62.2 Å². The lowest BCUT2D eigenvalue weighted by Crippen LogP contribution is -2.49. The van der Waals surface area contributed by atoms with Crippen LogP contribution in [0.1, 0.15) is 56.7 Å². The summed E-state index contributed by atoms with van der Waals surface area (Å²) in [4.78, 5) is 28.2. The summed E-state index contributed by atoms with van der Waals surface area (Å²) in [6.45, 7) is 10.3. The van der Waals surface area contributed by atoms with E-state index in [1.165, 1.54) is 9.21 Å². The highest BCUT2D eigenvalue weighted by molar-refractivity contribution is 7.92. The van der Waals surface area contributed by atoms with E-state index < -0.39 is 16.1 Å². The molecule has 38 heavy (non-hydrogen) atoms. The predicted octanol–water partition coefficient (Wildman–Crippen LogP) is 5.74. The van der Waals surface area contributed by atoms with Gasteiger partial charge < -0.3 is 10.2 Å². The minimum absolute atomic E-state index is 0.0485. The molecule has 0 aromatic heterocycles. The summed E-state index contributed by atoms with van der Waals surface area (Å²) in [6.07, 6.45) is 1.88. The van der Waals surface area contributed by atoms with E-state index in [9.17, 15) is 18.0 Å². The van der Waals surface area contributed by atoms with Crippen molar-refractivity contribution in [1.29, 1.82) is 0 Å². The van der Waals surface area contributed by atoms with E-state index in [4.69, 9.17) is 23.2 Å². The van der Waals surface area contributed by atoms with Crippen molar-refractivity contribution in [2.45, 2.75) is 66.5 Å². The van der Waals surface area contributed by atoms with E-state index in [1.807, 2.05) is 46.8 Å². The molecule has 2 amide bonds. The van der Waals surface area contributed by atoms with E-state index in [-0.39, 0.29) is 43.7 Å². The third-order valence-electron chi connectivity index (χ3n) is 6.46. The van der Waals surface area contributed by atoms with Gasteiger partial charge in [0.15, 0.2) is 0 Å². The molecule has 0 aliphatic rings. The molecule has 0 bridgehead atoms. The molecule has 2 aromatic carbocycles. The van der Waals surface area contributed by atoms with Crippen molar-refractivity contribution in [3.8, 4) is 0 Å². The number of anilines is 1. The summed E-state index contributed by atoms with van der Waals surface area (Å²) in [5.41, 5.74) is 3.01. The van der Waals surface area contributed by atoms with Crippen molar-refractivity contribution in [3.05, 3.63) is 63.1 Å². The van der Waals surface area contributed by atoms with E-state index in [0.29, 0.717) is 34.3 Å². The smallest absolute Gasteiger partial charge is 0.242 e.